The number of aliphatic hydroxyl groups excluding tert-OH is 6. The summed E-state index contributed by atoms with van der Waals surface area (Å²) in [6.45, 7) is 7.04. The van der Waals surface area contributed by atoms with Crippen LogP contribution >= 0.6 is 0 Å². The topological polar surface area (TPSA) is 186 Å². The molecule has 1 aliphatic heterocycles. The summed E-state index contributed by atoms with van der Waals surface area (Å²) in [4.78, 5) is -0.0408. The van der Waals surface area contributed by atoms with Crippen LogP contribution in [0.25, 0.3) is 0 Å². The van der Waals surface area contributed by atoms with Gasteiger partial charge in [-0.05, 0) is 29.5 Å². The van der Waals surface area contributed by atoms with E-state index in [9.17, 15) is 39.1 Å². The number of aliphatic hydroxyl groups is 6. The van der Waals surface area contributed by atoms with Crippen molar-refractivity contribution in [3.05, 3.63) is 29.8 Å². The van der Waals surface area contributed by atoms with Gasteiger partial charge in [0.25, 0.3) is 0 Å². The van der Waals surface area contributed by atoms with E-state index in [4.69, 9.17) is 9.47 Å². The standard InChI is InChI=1S/C34H61NO10S/c1-5-6-7-8-9-10-11-12-13-14-15-16-17-27(37)29(38)26(23-44-33-32(41)31(40)30(39)28(22-36)45-33)35-46(42,43)25-20-18-24(19-21-25)34(2,3)4/h18-21,26-33,35-41H,5-17,22-23H2,1-4H3/t26-,27-,28-,29+,30+,31+,32-,33+/m1/s1. The third-order valence-electron chi connectivity index (χ3n) is 8.79. The van der Waals surface area contributed by atoms with Gasteiger partial charge < -0.3 is 40.1 Å². The van der Waals surface area contributed by atoms with Gasteiger partial charge in [-0.15, -0.1) is 0 Å². The fourth-order valence-corrected chi connectivity index (χ4v) is 6.88. The molecule has 0 bridgehead atoms. The van der Waals surface area contributed by atoms with E-state index in [1.165, 1.54) is 63.5 Å². The van der Waals surface area contributed by atoms with Crippen molar-refractivity contribution in [1.29, 1.82) is 0 Å². The van der Waals surface area contributed by atoms with Gasteiger partial charge in [0.1, 0.15) is 24.4 Å². The van der Waals surface area contributed by atoms with Crippen molar-refractivity contribution in [2.75, 3.05) is 13.2 Å². The third-order valence-corrected chi connectivity index (χ3v) is 10.3. The maximum Gasteiger partial charge on any atom is 0.240 e. The normalized spacial score (nSPS) is 24.5. The molecule has 1 fully saturated rings. The zero-order valence-electron chi connectivity index (χ0n) is 28.3. The first kappa shape index (κ1) is 41.0. The van der Waals surface area contributed by atoms with Crippen LogP contribution in [-0.2, 0) is 24.9 Å². The molecule has 1 saturated heterocycles. The number of rotatable bonds is 22. The molecule has 0 radical (unpaired) electrons. The number of hydrogen-bond donors (Lipinski definition) is 7. The zero-order valence-corrected chi connectivity index (χ0v) is 29.1. The van der Waals surface area contributed by atoms with E-state index in [0.717, 1.165) is 24.8 Å². The Morgan fingerprint density at radius 1 is 0.826 bits per heavy atom. The first-order valence-electron chi connectivity index (χ1n) is 17.1. The van der Waals surface area contributed by atoms with Gasteiger partial charge in [0.15, 0.2) is 6.29 Å². The molecular formula is C34H61NO10S. The fourth-order valence-electron chi connectivity index (χ4n) is 5.64. The van der Waals surface area contributed by atoms with Gasteiger partial charge in [-0.1, -0.05) is 117 Å². The highest BCUT2D eigenvalue weighted by molar-refractivity contribution is 7.89. The third kappa shape index (κ3) is 13.4. The Labute approximate surface area is 276 Å². The fraction of sp³-hybridized carbons (Fsp3) is 0.824. The van der Waals surface area contributed by atoms with E-state index >= 15 is 0 Å². The maximum atomic E-state index is 13.4. The SMILES string of the molecule is CCCCCCCCCCCCCC[C@@H](O)[C@@H](O)[C@@H](CO[C@H]1O[C@H](CO)[C@H](O)[C@H](O)[C@H]1O)NS(=O)(=O)c1ccc(C(C)(C)C)cc1. The molecule has 11 nitrogen and oxygen atoms in total. The Morgan fingerprint density at radius 2 is 1.35 bits per heavy atom. The molecule has 1 heterocycles. The highest BCUT2D eigenvalue weighted by atomic mass is 32.2. The van der Waals surface area contributed by atoms with Crippen LogP contribution in [0.2, 0.25) is 0 Å². The second-order valence-corrected chi connectivity index (χ2v) is 15.5. The Hall–Kier alpha value is -1.19. The molecule has 7 N–H and O–H groups in total. The smallest absolute Gasteiger partial charge is 0.240 e. The van der Waals surface area contributed by atoms with Crippen molar-refractivity contribution >= 4 is 10.0 Å². The second-order valence-electron chi connectivity index (χ2n) is 13.8. The van der Waals surface area contributed by atoms with Gasteiger partial charge in [0, 0.05) is 0 Å². The predicted molar refractivity (Wildman–Crippen MR) is 177 cm³/mol. The molecule has 8 atom stereocenters. The molecular weight excluding hydrogens is 614 g/mol. The van der Waals surface area contributed by atoms with E-state index in [0.29, 0.717) is 6.42 Å². The van der Waals surface area contributed by atoms with Crippen LogP contribution in [0.5, 0.6) is 0 Å². The maximum absolute atomic E-state index is 13.4. The molecule has 0 amide bonds. The van der Waals surface area contributed by atoms with Crippen LogP contribution in [0.1, 0.15) is 117 Å². The minimum atomic E-state index is -4.18. The molecule has 1 aromatic carbocycles. The summed E-state index contributed by atoms with van der Waals surface area (Å²) in [5.74, 6) is 0. The summed E-state index contributed by atoms with van der Waals surface area (Å²) in [7, 11) is -4.18. The molecule has 46 heavy (non-hydrogen) atoms. The van der Waals surface area contributed by atoms with Crippen LogP contribution in [0.4, 0.5) is 0 Å². The Balaban J connectivity index is 1.99. The average molecular weight is 676 g/mol. The molecule has 1 aliphatic rings. The minimum Gasteiger partial charge on any atom is -0.394 e. The van der Waals surface area contributed by atoms with Gasteiger partial charge in [-0.3, -0.25) is 0 Å². The van der Waals surface area contributed by atoms with Crippen LogP contribution < -0.4 is 4.72 Å². The zero-order chi connectivity index (χ0) is 34.3. The molecule has 0 spiro atoms. The second kappa shape index (κ2) is 20.4. The lowest BCUT2D eigenvalue weighted by Crippen LogP contribution is -2.60. The number of sulfonamides is 1. The van der Waals surface area contributed by atoms with Crippen molar-refractivity contribution < 1.29 is 48.5 Å². The summed E-state index contributed by atoms with van der Waals surface area (Å²) in [6, 6.07) is 5.01. The van der Waals surface area contributed by atoms with Crippen LogP contribution in [0.15, 0.2) is 29.2 Å². The van der Waals surface area contributed by atoms with E-state index in [1.807, 2.05) is 20.8 Å². The highest BCUT2D eigenvalue weighted by Gasteiger charge is 2.44. The largest absolute Gasteiger partial charge is 0.394 e. The molecule has 0 unspecified atom stereocenters. The number of nitrogens with one attached hydrogen (secondary N) is 1. The number of unbranched alkanes of at least 4 members (excludes halogenated alkanes) is 11. The summed E-state index contributed by atoms with van der Waals surface area (Å²) in [5.41, 5.74) is 0.748. The van der Waals surface area contributed by atoms with E-state index in [2.05, 4.69) is 11.6 Å². The minimum absolute atomic E-state index is 0.0408. The van der Waals surface area contributed by atoms with Gasteiger partial charge in [0.2, 0.25) is 10.0 Å². The molecule has 0 saturated carbocycles. The number of hydrogen-bond acceptors (Lipinski definition) is 10. The van der Waals surface area contributed by atoms with E-state index in [1.54, 1.807) is 12.1 Å². The van der Waals surface area contributed by atoms with Crippen molar-refractivity contribution in [1.82, 2.24) is 4.72 Å². The van der Waals surface area contributed by atoms with E-state index in [-0.39, 0.29) is 16.7 Å². The van der Waals surface area contributed by atoms with Gasteiger partial charge in [-0.25, -0.2) is 13.1 Å². The monoisotopic (exact) mass is 675 g/mol. The van der Waals surface area contributed by atoms with Crippen LogP contribution in [0.3, 0.4) is 0 Å². The van der Waals surface area contributed by atoms with Crippen molar-refractivity contribution in [3.63, 3.8) is 0 Å². The summed E-state index contributed by atoms with van der Waals surface area (Å²) in [5, 5.41) is 62.0. The lowest BCUT2D eigenvalue weighted by Gasteiger charge is -2.40. The lowest BCUT2D eigenvalue weighted by atomic mass is 9.87. The molecule has 12 heteroatoms. The van der Waals surface area contributed by atoms with Gasteiger partial charge in [0.05, 0.1) is 36.4 Å². The predicted octanol–water partition coefficient (Wildman–Crippen LogP) is 3.26. The van der Waals surface area contributed by atoms with Crippen LogP contribution in [-0.4, -0.2) is 101 Å². The van der Waals surface area contributed by atoms with Crippen molar-refractivity contribution in [2.24, 2.45) is 0 Å². The summed E-state index contributed by atoms with van der Waals surface area (Å²) >= 11 is 0. The molecule has 0 aliphatic carbocycles. The summed E-state index contributed by atoms with van der Waals surface area (Å²) < 4.78 is 40.1. The quantitative estimate of drug-likeness (QED) is 0.0900. The van der Waals surface area contributed by atoms with Crippen LogP contribution in [0, 0.1) is 0 Å². The Bertz CT molecular complexity index is 1060. The molecule has 2 rings (SSSR count). The number of ether oxygens (including phenoxy) is 2. The Kier molecular flexibility index (Phi) is 18.1. The van der Waals surface area contributed by atoms with Crippen molar-refractivity contribution in [3.8, 4) is 0 Å². The molecule has 1 aromatic rings. The van der Waals surface area contributed by atoms with E-state index < -0.39 is 72.2 Å². The number of benzene rings is 1. The average Bonchev–Trinajstić information content (AvgIpc) is 3.02. The Morgan fingerprint density at radius 3 is 1.85 bits per heavy atom. The first-order chi connectivity index (χ1) is 21.7. The molecule has 268 valence electrons. The highest BCUT2D eigenvalue weighted by Crippen LogP contribution is 2.25. The van der Waals surface area contributed by atoms with Crippen molar-refractivity contribution in [2.45, 2.75) is 170 Å². The van der Waals surface area contributed by atoms with Gasteiger partial charge in [-0.2, -0.15) is 0 Å². The lowest BCUT2D eigenvalue weighted by molar-refractivity contribution is -0.303. The first-order valence-corrected chi connectivity index (χ1v) is 18.6. The van der Waals surface area contributed by atoms with Gasteiger partial charge >= 0.3 is 0 Å². The summed E-state index contributed by atoms with van der Waals surface area (Å²) in [6.07, 6.45) is 3.46. The molecule has 0 aromatic heterocycles.